The number of rotatable bonds is 7. The summed E-state index contributed by atoms with van der Waals surface area (Å²) in [7, 11) is 0. The summed E-state index contributed by atoms with van der Waals surface area (Å²) in [5.41, 5.74) is 0. The molecule has 1 saturated carbocycles. The SMILES string of the molecule is C=CCN1CCN([C@H](CCC)c2nnnn2C2CCCCC2)CC1. The molecule has 6 heteroatoms. The van der Waals surface area contributed by atoms with Gasteiger partial charge in [0.05, 0.1) is 12.1 Å². The molecule has 1 aromatic rings. The van der Waals surface area contributed by atoms with Crippen LogP contribution in [0.4, 0.5) is 0 Å². The molecule has 1 saturated heterocycles. The van der Waals surface area contributed by atoms with E-state index in [0.717, 1.165) is 51.4 Å². The van der Waals surface area contributed by atoms with Crippen molar-refractivity contribution in [1.29, 1.82) is 0 Å². The van der Waals surface area contributed by atoms with Crippen molar-refractivity contribution >= 4 is 0 Å². The van der Waals surface area contributed by atoms with Crippen LogP contribution in [0, 0.1) is 0 Å². The third-order valence-corrected chi connectivity index (χ3v) is 5.53. The van der Waals surface area contributed by atoms with Crippen molar-refractivity contribution in [3.8, 4) is 0 Å². The first kappa shape index (κ1) is 17.5. The van der Waals surface area contributed by atoms with E-state index < -0.39 is 0 Å². The Kier molecular flexibility index (Phi) is 6.37. The first-order valence-electron chi connectivity index (χ1n) is 9.68. The van der Waals surface area contributed by atoms with E-state index in [1.807, 2.05) is 6.08 Å². The molecule has 1 aromatic heterocycles. The minimum Gasteiger partial charge on any atom is -0.297 e. The maximum atomic E-state index is 4.47. The highest BCUT2D eigenvalue weighted by molar-refractivity contribution is 4.97. The zero-order valence-electron chi connectivity index (χ0n) is 15.1. The van der Waals surface area contributed by atoms with Gasteiger partial charge < -0.3 is 0 Å². The van der Waals surface area contributed by atoms with Gasteiger partial charge in [0.25, 0.3) is 0 Å². The maximum absolute atomic E-state index is 4.47. The monoisotopic (exact) mass is 332 g/mol. The van der Waals surface area contributed by atoms with Gasteiger partial charge in [0.2, 0.25) is 0 Å². The normalized spacial score (nSPS) is 22.5. The summed E-state index contributed by atoms with van der Waals surface area (Å²) < 4.78 is 2.16. The second-order valence-corrected chi connectivity index (χ2v) is 7.20. The summed E-state index contributed by atoms with van der Waals surface area (Å²) in [6.45, 7) is 11.5. The van der Waals surface area contributed by atoms with Crippen molar-refractivity contribution in [2.24, 2.45) is 0 Å². The fourth-order valence-electron chi connectivity index (χ4n) is 4.19. The van der Waals surface area contributed by atoms with E-state index >= 15 is 0 Å². The Labute approximate surface area is 145 Å². The zero-order valence-corrected chi connectivity index (χ0v) is 15.1. The van der Waals surface area contributed by atoms with Gasteiger partial charge in [-0.15, -0.1) is 11.7 Å². The molecule has 2 aliphatic rings. The Hall–Kier alpha value is -1.27. The highest BCUT2D eigenvalue weighted by atomic mass is 15.6. The highest BCUT2D eigenvalue weighted by Crippen LogP contribution is 2.32. The van der Waals surface area contributed by atoms with Gasteiger partial charge in [0.1, 0.15) is 0 Å². The Morgan fingerprint density at radius 3 is 2.58 bits per heavy atom. The molecule has 0 N–H and O–H groups in total. The lowest BCUT2D eigenvalue weighted by Gasteiger charge is -2.38. The quantitative estimate of drug-likeness (QED) is 0.719. The number of hydrogen-bond donors (Lipinski definition) is 0. The molecule has 24 heavy (non-hydrogen) atoms. The molecular formula is C18H32N6. The third-order valence-electron chi connectivity index (χ3n) is 5.53. The van der Waals surface area contributed by atoms with Crippen molar-refractivity contribution in [3.05, 3.63) is 18.5 Å². The molecule has 1 aliphatic heterocycles. The van der Waals surface area contributed by atoms with Gasteiger partial charge in [0.15, 0.2) is 5.82 Å². The van der Waals surface area contributed by atoms with Crippen molar-refractivity contribution in [3.63, 3.8) is 0 Å². The largest absolute Gasteiger partial charge is 0.297 e. The number of piperazine rings is 1. The molecule has 6 nitrogen and oxygen atoms in total. The van der Waals surface area contributed by atoms with E-state index in [2.05, 4.69) is 43.5 Å². The van der Waals surface area contributed by atoms with Crippen LogP contribution in [0.5, 0.6) is 0 Å². The average molecular weight is 332 g/mol. The zero-order chi connectivity index (χ0) is 16.8. The van der Waals surface area contributed by atoms with Crippen LogP contribution in [0.3, 0.4) is 0 Å². The molecule has 2 heterocycles. The van der Waals surface area contributed by atoms with E-state index in [1.54, 1.807) is 0 Å². The predicted octanol–water partition coefficient (Wildman–Crippen LogP) is 2.82. The van der Waals surface area contributed by atoms with Crippen LogP contribution in [-0.2, 0) is 0 Å². The summed E-state index contributed by atoms with van der Waals surface area (Å²) in [5.74, 6) is 1.10. The summed E-state index contributed by atoms with van der Waals surface area (Å²) in [5, 5.41) is 12.9. The Morgan fingerprint density at radius 2 is 1.92 bits per heavy atom. The molecule has 0 radical (unpaired) electrons. The van der Waals surface area contributed by atoms with Gasteiger partial charge in [0, 0.05) is 32.7 Å². The van der Waals surface area contributed by atoms with E-state index in [-0.39, 0.29) is 0 Å². The molecule has 1 atom stereocenters. The van der Waals surface area contributed by atoms with Gasteiger partial charge in [-0.3, -0.25) is 9.80 Å². The lowest BCUT2D eigenvalue weighted by Crippen LogP contribution is -2.48. The minimum absolute atomic E-state index is 0.359. The van der Waals surface area contributed by atoms with Gasteiger partial charge in [-0.2, -0.15) is 0 Å². The van der Waals surface area contributed by atoms with Crippen LogP contribution in [0.1, 0.15) is 69.8 Å². The molecule has 0 bridgehead atoms. The minimum atomic E-state index is 0.359. The topological polar surface area (TPSA) is 50.1 Å². The van der Waals surface area contributed by atoms with E-state index in [9.17, 15) is 0 Å². The smallest absolute Gasteiger partial charge is 0.168 e. The molecule has 1 aliphatic carbocycles. The van der Waals surface area contributed by atoms with Crippen LogP contribution in [0.2, 0.25) is 0 Å². The number of hydrogen-bond acceptors (Lipinski definition) is 5. The van der Waals surface area contributed by atoms with Gasteiger partial charge >= 0.3 is 0 Å². The van der Waals surface area contributed by atoms with Gasteiger partial charge in [-0.05, 0) is 29.7 Å². The van der Waals surface area contributed by atoms with Gasteiger partial charge in [-0.1, -0.05) is 38.7 Å². The summed E-state index contributed by atoms with van der Waals surface area (Å²) in [6.07, 6.45) is 10.7. The van der Waals surface area contributed by atoms with Crippen LogP contribution in [-0.4, -0.2) is 62.7 Å². The molecule has 0 aromatic carbocycles. The molecule has 3 rings (SSSR count). The lowest BCUT2D eigenvalue weighted by atomic mass is 9.95. The molecule has 0 spiro atoms. The Morgan fingerprint density at radius 1 is 1.17 bits per heavy atom. The summed E-state index contributed by atoms with van der Waals surface area (Å²) in [4.78, 5) is 5.06. The van der Waals surface area contributed by atoms with Crippen LogP contribution in [0.15, 0.2) is 12.7 Å². The first-order chi connectivity index (χ1) is 11.8. The predicted molar refractivity (Wildman–Crippen MR) is 95.8 cm³/mol. The van der Waals surface area contributed by atoms with Crippen LogP contribution in [0.25, 0.3) is 0 Å². The molecule has 0 unspecified atom stereocenters. The molecule has 0 amide bonds. The first-order valence-corrected chi connectivity index (χ1v) is 9.68. The van der Waals surface area contributed by atoms with Crippen molar-refractivity contribution in [2.45, 2.75) is 64.0 Å². The lowest BCUT2D eigenvalue weighted by molar-refractivity contribution is 0.0902. The highest BCUT2D eigenvalue weighted by Gasteiger charge is 2.30. The fourth-order valence-corrected chi connectivity index (χ4v) is 4.19. The summed E-state index contributed by atoms with van der Waals surface area (Å²) in [6, 6.07) is 0.864. The van der Waals surface area contributed by atoms with Crippen molar-refractivity contribution in [1.82, 2.24) is 30.0 Å². The van der Waals surface area contributed by atoms with E-state index in [0.29, 0.717) is 12.1 Å². The van der Waals surface area contributed by atoms with Crippen LogP contribution >= 0.6 is 0 Å². The van der Waals surface area contributed by atoms with Crippen LogP contribution < -0.4 is 0 Å². The maximum Gasteiger partial charge on any atom is 0.168 e. The van der Waals surface area contributed by atoms with Gasteiger partial charge in [-0.25, -0.2) is 4.68 Å². The van der Waals surface area contributed by atoms with Crippen molar-refractivity contribution in [2.75, 3.05) is 32.7 Å². The Balaban J connectivity index is 1.72. The molecular weight excluding hydrogens is 300 g/mol. The standard InChI is InChI=1S/C18H32N6/c1-3-8-17(23-14-12-22(11-4-2)13-15-23)18-19-20-21-24(18)16-9-6-5-7-10-16/h4,16-17H,2-3,5-15H2,1H3/t17-/m1/s1. The fraction of sp³-hybridized carbons (Fsp3) is 0.833. The number of tetrazole rings is 1. The molecule has 2 fully saturated rings. The number of aromatic nitrogens is 4. The van der Waals surface area contributed by atoms with E-state index in [1.165, 1.54) is 32.1 Å². The second kappa shape index (κ2) is 8.72. The Bertz CT molecular complexity index is 499. The summed E-state index contributed by atoms with van der Waals surface area (Å²) >= 11 is 0. The second-order valence-electron chi connectivity index (χ2n) is 7.20. The van der Waals surface area contributed by atoms with Crippen molar-refractivity contribution < 1.29 is 0 Å². The van der Waals surface area contributed by atoms with E-state index in [4.69, 9.17) is 0 Å². The molecule has 134 valence electrons. The third kappa shape index (κ3) is 4.03. The average Bonchev–Trinajstić information content (AvgIpc) is 3.11. The number of nitrogens with zero attached hydrogens (tertiary/aromatic N) is 6.